The molecule has 0 aliphatic rings. The fourth-order valence-electron chi connectivity index (χ4n) is 9.02. The van der Waals surface area contributed by atoms with E-state index in [2.05, 4.69) is 185 Å². The van der Waals surface area contributed by atoms with Crippen LogP contribution in [-0.4, -0.2) is 24.1 Å². The van der Waals surface area contributed by atoms with Crippen molar-refractivity contribution in [1.29, 1.82) is 0 Å². The van der Waals surface area contributed by atoms with Gasteiger partial charge in [0.1, 0.15) is 0 Å². The minimum atomic E-state index is 0.630. The highest BCUT2D eigenvalue weighted by molar-refractivity contribution is 6.21. The van der Waals surface area contributed by atoms with Crippen LogP contribution in [0.1, 0.15) is 0 Å². The highest BCUT2D eigenvalue weighted by atomic mass is 15.1. The van der Waals surface area contributed by atoms with Crippen LogP contribution in [0.25, 0.3) is 111 Å². The first kappa shape index (κ1) is 33.9. The van der Waals surface area contributed by atoms with E-state index >= 15 is 0 Å². The number of aromatic nitrogens is 5. The predicted molar refractivity (Wildman–Crippen MR) is 248 cm³/mol. The molecule has 5 heteroatoms. The Morgan fingerprint density at radius 3 is 1.40 bits per heavy atom. The molecule has 3 aromatic heterocycles. The van der Waals surface area contributed by atoms with Crippen molar-refractivity contribution in [1.82, 2.24) is 24.1 Å². The maximum atomic E-state index is 5.32. The third kappa shape index (κ3) is 5.44. The second kappa shape index (κ2) is 13.8. The van der Waals surface area contributed by atoms with Gasteiger partial charge < -0.3 is 9.13 Å². The monoisotopic (exact) mass is 765 g/mol. The maximum absolute atomic E-state index is 5.32. The standard InChI is InChI=1S/C55H35N5/c1-4-16-36(17-5-1)37-28-30-41(31-29-37)59-48-26-14-12-24-44(48)46-35-42(32-33-50(46)59)60-49-27-15-13-25-45(49)47-34-40-22-10-11-23-43(40)51(52(47)60)55-57-53(38-18-6-2-7-19-38)56-54(58-55)39-20-8-3-9-21-39/h1-35H. The van der Waals surface area contributed by atoms with Gasteiger partial charge in [-0.05, 0) is 70.4 Å². The van der Waals surface area contributed by atoms with Crippen molar-refractivity contribution < 1.29 is 0 Å². The van der Waals surface area contributed by atoms with Gasteiger partial charge in [0.15, 0.2) is 17.5 Å². The van der Waals surface area contributed by atoms with Crippen LogP contribution in [0.15, 0.2) is 212 Å². The van der Waals surface area contributed by atoms with Gasteiger partial charge in [-0.25, -0.2) is 15.0 Å². The maximum Gasteiger partial charge on any atom is 0.166 e. The van der Waals surface area contributed by atoms with Crippen molar-refractivity contribution in [2.24, 2.45) is 0 Å². The van der Waals surface area contributed by atoms with Gasteiger partial charge in [0.25, 0.3) is 0 Å². The molecule has 3 heterocycles. The summed E-state index contributed by atoms with van der Waals surface area (Å²) in [5, 5.41) is 6.90. The molecule has 0 amide bonds. The van der Waals surface area contributed by atoms with Crippen molar-refractivity contribution in [3.05, 3.63) is 212 Å². The quantitative estimate of drug-likeness (QED) is 0.169. The third-order valence-corrected chi connectivity index (χ3v) is 11.8. The molecule has 0 fully saturated rings. The van der Waals surface area contributed by atoms with Gasteiger partial charge >= 0.3 is 0 Å². The molecule has 12 aromatic rings. The van der Waals surface area contributed by atoms with Gasteiger partial charge in [0.05, 0.1) is 27.6 Å². The van der Waals surface area contributed by atoms with Crippen molar-refractivity contribution in [2.75, 3.05) is 0 Å². The second-order valence-electron chi connectivity index (χ2n) is 15.2. The van der Waals surface area contributed by atoms with E-state index < -0.39 is 0 Å². The van der Waals surface area contributed by atoms with Crippen LogP contribution in [0.5, 0.6) is 0 Å². The molecule has 0 spiro atoms. The summed E-state index contributed by atoms with van der Waals surface area (Å²) in [5.74, 6) is 1.90. The fourth-order valence-corrected chi connectivity index (χ4v) is 9.02. The molecule has 0 radical (unpaired) electrons. The molecule has 0 bridgehead atoms. The summed E-state index contributed by atoms with van der Waals surface area (Å²) >= 11 is 0. The third-order valence-electron chi connectivity index (χ3n) is 11.8. The van der Waals surface area contributed by atoms with Crippen LogP contribution in [0.4, 0.5) is 0 Å². The molecule has 0 saturated heterocycles. The molecule has 0 N–H and O–H groups in total. The molecule has 0 atom stereocenters. The Balaban J connectivity index is 1.14. The zero-order chi connectivity index (χ0) is 39.6. The van der Waals surface area contributed by atoms with Crippen LogP contribution in [0, 0.1) is 0 Å². The van der Waals surface area contributed by atoms with E-state index in [1.54, 1.807) is 0 Å². The summed E-state index contributed by atoms with van der Waals surface area (Å²) in [7, 11) is 0. The van der Waals surface area contributed by atoms with E-state index in [1.165, 1.54) is 27.3 Å². The summed E-state index contributed by atoms with van der Waals surface area (Å²) in [6.07, 6.45) is 0. The topological polar surface area (TPSA) is 48.5 Å². The largest absolute Gasteiger partial charge is 0.309 e. The predicted octanol–water partition coefficient (Wildman–Crippen LogP) is 13.9. The van der Waals surface area contributed by atoms with E-state index in [-0.39, 0.29) is 0 Å². The Bertz CT molecular complexity index is 3510. The smallest absolute Gasteiger partial charge is 0.166 e. The average molecular weight is 766 g/mol. The molecule has 0 aliphatic carbocycles. The first-order valence-electron chi connectivity index (χ1n) is 20.3. The number of hydrogen-bond acceptors (Lipinski definition) is 3. The van der Waals surface area contributed by atoms with Crippen molar-refractivity contribution >= 4 is 54.4 Å². The number of fused-ring (bicyclic) bond motifs is 7. The van der Waals surface area contributed by atoms with E-state index in [4.69, 9.17) is 15.0 Å². The van der Waals surface area contributed by atoms with Gasteiger partial charge in [-0.1, -0.05) is 164 Å². The van der Waals surface area contributed by atoms with Crippen molar-refractivity contribution in [3.63, 3.8) is 0 Å². The van der Waals surface area contributed by atoms with Crippen molar-refractivity contribution in [2.45, 2.75) is 0 Å². The van der Waals surface area contributed by atoms with Gasteiger partial charge in [0.2, 0.25) is 0 Å². The Labute approximate surface area is 346 Å². The number of hydrogen-bond donors (Lipinski definition) is 0. The summed E-state index contributed by atoms with van der Waals surface area (Å²) in [4.78, 5) is 15.7. The molecule has 280 valence electrons. The normalized spacial score (nSPS) is 11.7. The van der Waals surface area contributed by atoms with Crippen LogP contribution in [0.2, 0.25) is 0 Å². The zero-order valence-corrected chi connectivity index (χ0v) is 32.4. The molecule has 9 aromatic carbocycles. The molecule has 60 heavy (non-hydrogen) atoms. The Hall–Kier alpha value is -8.15. The molecular weight excluding hydrogens is 731 g/mol. The van der Waals surface area contributed by atoms with E-state index in [0.29, 0.717) is 17.5 Å². The molecule has 0 saturated carbocycles. The van der Waals surface area contributed by atoms with Gasteiger partial charge in [-0.3, -0.25) is 0 Å². The first-order chi connectivity index (χ1) is 29.8. The molecule has 5 nitrogen and oxygen atoms in total. The van der Waals surface area contributed by atoms with Gasteiger partial charge in [-0.15, -0.1) is 0 Å². The number of benzene rings is 9. The average Bonchev–Trinajstić information content (AvgIpc) is 3.83. The zero-order valence-electron chi connectivity index (χ0n) is 32.4. The minimum absolute atomic E-state index is 0.630. The number of nitrogens with zero attached hydrogens (tertiary/aromatic N) is 5. The Morgan fingerprint density at radius 1 is 0.283 bits per heavy atom. The van der Waals surface area contributed by atoms with Crippen LogP contribution >= 0.6 is 0 Å². The summed E-state index contributed by atoms with van der Waals surface area (Å²) in [5.41, 5.74) is 11.9. The number of rotatable bonds is 6. The van der Waals surface area contributed by atoms with Gasteiger partial charge in [0, 0.05) is 44.0 Å². The molecular formula is C55H35N5. The lowest BCUT2D eigenvalue weighted by Crippen LogP contribution is -2.03. The Kier molecular flexibility index (Phi) is 7.78. The van der Waals surface area contributed by atoms with Gasteiger partial charge in [-0.2, -0.15) is 0 Å². The minimum Gasteiger partial charge on any atom is -0.309 e. The SMILES string of the molecule is c1ccc(-c2ccc(-n3c4ccccc4c4cc(-n5c6ccccc6c6cc7ccccc7c(-c7nc(-c8ccccc8)nc(-c8ccccc8)n7)c65)ccc43)cc2)cc1. The van der Waals surface area contributed by atoms with E-state index in [0.717, 1.165) is 66.3 Å². The Morgan fingerprint density at radius 2 is 0.750 bits per heavy atom. The van der Waals surface area contributed by atoms with Crippen LogP contribution < -0.4 is 0 Å². The first-order valence-corrected chi connectivity index (χ1v) is 20.3. The number of para-hydroxylation sites is 2. The van der Waals surface area contributed by atoms with Crippen molar-refractivity contribution in [3.8, 4) is 56.7 Å². The lowest BCUT2D eigenvalue weighted by atomic mass is 9.99. The highest BCUT2D eigenvalue weighted by Gasteiger charge is 2.24. The summed E-state index contributed by atoms with van der Waals surface area (Å²) < 4.78 is 4.80. The molecule has 12 rings (SSSR count). The highest BCUT2D eigenvalue weighted by Crippen LogP contribution is 2.43. The summed E-state index contributed by atoms with van der Waals surface area (Å²) in [6, 6.07) is 75.1. The molecule has 0 unspecified atom stereocenters. The van der Waals surface area contributed by atoms with Crippen LogP contribution in [0.3, 0.4) is 0 Å². The molecule has 0 aliphatic heterocycles. The fraction of sp³-hybridized carbons (Fsp3) is 0. The van der Waals surface area contributed by atoms with E-state index in [1.807, 2.05) is 36.4 Å². The second-order valence-corrected chi connectivity index (χ2v) is 15.2. The van der Waals surface area contributed by atoms with E-state index in [9.17, 15) is 0 Å². The summed E-state index contributed by atoms with van der Waals surface area (Å²) in [6.45, 7) is 0. The lowest BCUT2D eigenvalue weighted by Gasteiger charge is -2.15. The van der Waals surface area contributed by atoms with Crippen LogP contribution in [-0.2, 0) is 0 Å². The lowest BCUT2D eigenvalue weighted by molar-refractivity contribution is 1.07.